The molecule has 1 aliphatic heterocycles. The number of hydrogen-bond donors (Lipinski definition) is 1. The van der Waals surface area contributed by atoms with Crippen molar-refractivity contribution < 1.29 is 9.47 Å². The highest BCUT2D eigenvalue weighted by Gasteiger charge is 2.33. The molecule has 0 aliphatic carbocycles. The fourth-order valence-electron chi connectivity index (χ4n) is 1.62. The van der Waals surface area contributed by atoms with Crippen LogP contribution in [-0.4, -0.2) is 40.1 Å². The van der Waals surface area contributed by atoms with Crippen molar-refractivity contribution in [3.05, 3.63) is 10.4 Å². The number of ether oxygens (including phenoxy) is 2. The number of hydrogen-bond acceptors (Lipinski definition) is 4. The van der Waals surface area contributed by atoms with E-state index in [1.807, 2.05) is 0 Å². The third-order valence-electron chi connectivity index (χ3n) is 2.41. The first-order valence-electron chi connectivity index (χ1n) is 4.61. The first kappa shape index (κ1) is 11.3. The van der Waals surface area contributed by atoms with E-state index in [-0.39, 0.29) is 12.2 Å². The molecule has 0 aromatic heterocycles. The molecule has 1 saturated heterocycles. The molecule has 1 atom stereocenters. The van der Waals surface area contributed by atoms with Gasteiger partial charge in [0.2, 0.25) is 0 Å². The summed E-state index contributed by atoms with van der Waals surface area (Å²) >= 11 is 0. The molecule has 1 aliphatic rings. The zero-order valence-corrected chi connectivity index (χ0v) is 8.40. The Balaban J connectivity index is 2.39. The second kappa shape index (κ2) is 5.82. The average Bonchev–Trinajstić information content (AvgIpc) is 2.65. The lowest BCUT2D eigenvalue weighted by Crippen LogP contribution is -2.33. The summed E-state index contributed by atoms with van der Waals surface area (Å²) in [5, 5.41) is 6.87. The van der Waals surface area contributed by atoms with Crippen molar-refractivity contribution in [1.82, 2.24) is 5.32 Å². The molecule has 14 heavy (non-hydrogen) atoms. The fraction of sp³-hybridized carbons (Fsp3) is 1.00. The van der Waals surface area contributed by atoms with Crippen molar-refractivity contribution in [1.29, 1.82) is 0 Å². The van der Waals surface area contributed by atoms with E-state index < -0.39 is 0 Å². The maximum Gasteiger partial charge on any atom is 0.146 e. The molecule has 1 fully saturated rings. The van der Waals surface area contributed by atoms with Gasteiger partial charge >= 0.3 is 0 Å². The zero-order valence-electron chi connectivity index (χ0n) is 8.40. The van der Waals surface area contributed by atoms with Crippen molar-refractivity contribution in [2.24, 2.45) is 10.5 Å². The Morgan fingerprint density at radius 2 is 2.50 bits per heavy atom. The molecule has 0 spiro atoms. The molecule has 0 amide bonds. The van der Waals surface area contributed by atoms with Crippen LogP contribution in [0.15, 0.2) is 5.11 Å². The Morgan fingerprint density at radius 3 is 3.07 bits per heavy atom. The number of azide groups is 1. The normalized spacial score (nSPS) is 26.1. The molecule has 0 radical (unpaired) electrons. The zero-order chi connectivity index (χ0) is 10.3. The Kier molecular flexibility index (Phi) is 4.69. The summed E-state index contributed by atoms with van der Waals surface area (Å²) in [6.45, 7) is 3.15. The Bertz CT molecular complexity index is 209. The number of nitrogens with one attached hydrogen (secondary N) is 1. The van der Waals surface area contributed by atoms with E-state index in [9.17, 15) is 0 Å². The summed E-state index contributed by atoms with van der Waals surface area (Å²) in [6, 6.07) is 0. The summed E-state index contributed by atoms with van der Waals surface area (Å²) < 4.78 is 10.1. The van der Waals surface area contributed by atoms with E-state index in [1.54, 1.807) is 7.11 Å². The summed E-state index contributed by atoms with van der Waals surface area (Å²) in [7, 11) is 1.59. The van der Waals surface area contributed by atoms with Crippen molar-refractivity contribution in [3.8, 4) is 0 Å². The maximum absolute atomic E-state index is 8.29. The molecule has 6 nitrogen and oxygen atoms in total. The monoisotopic (exact) mass is 200 g/mol. The minimum atomic E-state index is -0.0369. The van der Waals surface area contributed by atoms with Gasteiger partial charge in [-0.1, -0.05) is 5.11 Å². The van der Waals surface area contributed by atoms with Crippen LogP contribution in [0, 0.1) is 5.41 Å². The minimum absolute atomic E-state index is 0.0369. The Hall–Kier alpha value is -0.810. The lowest BCUT2D eigenvalue weighted by atomic mass is 9.88. The summed E-state index contributed by atoms with van der Waals surface area (Å²) in [5.74, 6) is 0. The highest BCUT2D eigenvalue weighted by atomic mass is 16.7. The van der Waals surface area contributed by atoms with Crippen LogP contribution in [0.5, 0.6) is 0 Å². The Morgan fingerprint density at radius 1 is 1.64 bits per heavy atom. The maximum atomic E-state index is 8.29. The van der Waals surface area contributed by atoms with Gasteiger partial charge in [0, 0.05) is 30.5 Å². The SMILES string of the molecule is COCOCC1(CN=[N+]=[N-])CCNC1. The van der Waals surface area contributed by atoms with Gasteiger partial charge in [-0.25, -0.2) is 0 Å². The predicted octanol–water partition coefficient (Wildman–Crippen LogP) is 0.897. The fourth-order valence-corrected chi connectivity index (χ4v) is 1.62. The van der Waals surface area contributed by atoms with Gasteiger partial charge in [-0.3, -0.25) is 0 Å². The van der Waals surface area contributed by atoms with Gasteiger partial charge in [0.15, 0.2) is 0 Å². The topological polar surface area (TPSA) is 79.2 Å². The van der Waals surface area contributed by atoms with Gasteiger partial charge in [0.25, 0.3) is 0 Å². The van der Waals surface area contributed by atoms with Crippen LogP contribution in [0.4, 0.5) is 0 Å². The standard InChI is InChI=1S/C8H16N4O2/c1-13-7-14-6-8(5-11-12-9)2-3-10-4-8/h10H,2-7H2,1H3. The third-order valence-corrected chi connectivity index (χ3v) is 2.41. The smallest absolute Gasteiger partial charge is 0.146 e. The first-order chi connectivity index (χ1) is 6.83. The molecule has 6 heteroatoms. The van der Waals surface area contributed by atoms with Crippen LogP contribution in [-0.2, 0) is 9.47 Å². The highest BCUT2D eigenvalue weighted by molar-refractivity contribution is 4.89. The van der Waals surface area contributed by atoms with Gasteiger partial charge in [-0.15, -0.1) is 0 Å². The van der Waals surface area contributed by atoms with E-state index in [0.717, 1.165) is 19.5 Å². The number of rotatable bonds is 6. The molecule has 1 N–H and O–H groups in total. The van der Waals surface area contributed by atoms with Crippen LogP contribution < -0.4 is 5.32 Å². The molecular weight excluding hydrogens is 184 g/mol. The molecule has 0 aromatic carbocycles. The Labute approximate surface area is 83.2 Å². The van der Waals surface area contributed by atoms with E-state index in [1.165, 1.54) is 0 Å². The van der Waals surface area contributed by atoms with Crippen LogP contribution in [0.2, 0.25) is 0 Å². The summed E-state index contributed by atoms with van der Waals surface area (Å²) in [4.78, 5) is 2.78. The second-order valence-corrected chi connectivity index (χ2v) is 3.57. The minimum Gasteiger partial charge on any atom is -0.359 e. The summed E-state index contributed by atoms with van der Waals surface area (Å²) in [6.07, 6.45) is 0.982. The average molecular weight is 200 g/mol. The van der Waals surface area contributed by atoms with Crippen LogP contribution in [0.25, 0.3) is 10.4 Å². The van der Waals surface area contributed by atoms with Crippen LogP contribution in [0.1, 0.15) is 6.42 Å². The lowest BCUT2D eigenvalue weighted by Gasteiger charge is -2.25. The lowest BCUT2D eigenvalue weighted by molar-refractivity contribution is -0.0592. The largest absolute Gasteiger partial charge is 0.359 e. The first-order valence-corrected chi connectivity index (χ1v) is 4.61. The predicted molar refractivity (Wildman–Crippen MR) is 51.8 cm³/mol. The van der Waals surface area contributed by atoms with E-state index in [0.29, 0.717) is 13.2 Å². The molecule has 0 aromatic rings. The molecule has 1 heterocycles. The molecule has 1 unspecified atom stereocenters. The van der Waals surface area contributed by atoms with Crippen molar-refractivity contribution in [3.63, 3.8) is 0 Å². The third kappa shape index (κ3) is 3.16. The quantitative estimate of drug-likeness (QED) is 0.227. The van der Waals surface area contributed by atoms with Crippen LogP contribution in [0.3, 0.4) is 0 Å². The van der Waals surface area contributed by atoms with Gasteiger partial charge in [0.1, 0.15) is 6.79 Å². The van der Waals surface area contributed by atoms with Crippen molar-refractivity contribution in [2.75, 3.05) is 40.1 Å². The molecular formula is C8H16N4O2. The van der Waals surface area contributed by atoms with Crippen LogP contribution >= 0.6 is 0 Å². The highest BCUT2D eigenvalue weighted by Crippen LogP contribution is 2.26. The second-order valence-electron chi connectivity index (χ2n) is 3.57. The van der Waals surface area contributed by atoms with E-state index in [2.05, 4.69) is 15.3 Å². The van der Waals surface area contributed by atoms with E-state index in [4.69, 9.17) is 15.0 Å². The van der Waals surface area contributed by atoms with Crippen molar-refractivity contribution in [2.45, 2.75) is 6.42 Å². The van der Waals surface area contributed by atoms with Gasteiger partial charge in [-0.05, 0) is 18.5 Å². The van der Waals surface area contributed by atoms with Gasteiger partial charge in [-0.2, -0.15) is 0 Å². The summed E-state index contributed by atoms with van der Waals surface area (Å²) in [5.41, 5.74) is 8.25. The molecule has 0 bridgehead atoms. The number of nitrogens with zero attached hydrogens (tertiary/aromatic N) is 3. The number of methoxy groups -OCH3 is 1. The molecule has 80 valence electrons. The van der Waals surface area contributed by atoms with E-state index >= 15 is 0 Å². The van der Waals surface area contributed by atoms with Crippen molar-refractivity contribution >= 4 is 0 Å². The molecule has 0 saturated carbocycles. The van der Waals surface area contributed by atoms with Gasteiger partial charge < -0.3 is 14.8 Å². The molecule has 1 rings (SSSR count). The van der Waals surface area contributed by atoms with Gasteiger partial charge in [0.05, 0.1) is 6.61 Å².